The maximum atomic E-state index is 11.9. The summed E-state index contributed by atoms with van der Waals surface area (Å²) in [5.41, 5.74) is 2.15. The highest BCUT2D eigenvalue weighted by atomic mass is 35.5. The minimum atomic E-state index is -0.226. The van der Waals surface area contributed by atoms with Crippen molar-refractivity contribution >= 4 is 22.6 Å². The SMILES string of the molecule is Cc1c(OCc2ccccc2)ccc2c(=O)c(Cl)coc12. The van der Waals surface area contributed by atoms with Crippen LogP contribution in [0.4, 0.5) is 0 Å². The summed E-state index contributed by atoms with van der Waals surface area (Å²) in [6, 6.07) is 13.3. The lowest BCUT2D eigenvalue weighted by atomic mass is 10.1. The number of hydrogen-bond acceptors (Lipinski definition) is 3. The highest BCUT2D eigenvalue weighted by molar-refractivity contribution is 6.30. The largest absolute Gasteiger partial charge is 0.488 e. The van der Waals surface area contributed by atoms with Crippen LogP contribution in [0, 0.1) is 6.92 Å². The molecule has 2 aromatic carbocycles. The van der Waals surface area contributed by atoms with E-state index in [1.54, 1.807) is 12.1 Å². The number of benzene rings is 2. The number of fused-ring (bicyclic) bond motifs is 1. The molecule has 3 rings (SSSR count). The van der Waals surface area contributed by atoms with Crippen molar-refractivity contribution in [3.8, 4) is 5.75 Å². The molecule has 21 heavy (non-hydrogen) atoms. The van der Waals surface area contributed by atoms with Crippen molar-refractivity contribution in [3.05, 3.63) is 75.1 Å². The van der Waals surface area contributed by atoms with Crippen LogP contribution in [0.2, 0.25) is 5.02 Å². The van der Waals surface area contributed by atoms with Crippen molar-refractivity contribution in [3.63, 3.8) is 0 Å². The van der Waals surface area contributed by atoms with Crippen LogP contribution in [0.3, 0.4) is 0 Å². The third kappa shape index (κ3) is 2.65. The molecule has 106 valence electrons. The molecule has 0 spiro atoms. The molecule has 0 aliphatic rings. The van der Waals surface area contributed by atoms with Gasteiger partial charge in [-0.2, -0.15) is 0 Å². The van der Waals surface area contributed by atoms with Gasteiger partial charge in [-0.25, -0.2) is 0 Å². The predicted molar refractivity (Wildman–Crippen MR) is 83.0 cm³/mol. The number of ether oxygens (including phenoxy) is 1. The Morgan fingerprint density at radius 2 is 1.90 bits per heavy atom. The zero-order chi connectivity index (χ0) is 14.8. The fraction of sp³-hybridized carbons (Fsp3) is 0.118. The summed E-state index contributed by atoms with van der Waals surface area (Å²) >= 11 is 5.78. The molecule has 0 saturated carbocycles. The molecule has 0 saturated heterocycles. The van der Waals surface area contributed by atoms with Gasteiger partial charge in [0.1, 0.15) is 29.2 Å². The van der Waals surface area contributed by atoms with E-state index in [1.807, 2.05) is 37.3 Å². The summed E-state index contributed by atoms with van der Waals surface area (Å²) in [6.07, 6.45) is 1.26. The molecular formula is C17H13ClO3. The third-order valence-corrected chi connectivity index (χ3v) is 3.60. The zero-order valence-corrected chi connectivity index (χ0v) is 12.2. The van der Waals surface area contributed by atoms with Crippen LogP contribution >= 0.6 is 11.6 Å². The summed E-state index contributed by atoms with van der Waals surface area (Å²) in [7, 11) is 0. The van der Waals surface area contributed by atoms with Crippen LogP contribution in [-0.2, 0) is 6.61 Å². The molecule has 0 unspecified atom stereocenters. The monoisotopic (exact) mass is 300 g/mol. The van der Waals surface area contributed by atoms with Crippen molar-refractivity contribution in [1.29, 1.82) is 0 Å². The molecular weight excluding hydrogens is 288 g/mol. The molecule has 0 radical (unpaired) electrons. The lowest BCUT2D eigenvalue weighted by molar-refractivity contribution is 0.304. The molecule has 0 bridgehead atoms. The van der Waals surface area contributed by atoms with Gasteiger partial charge >= 0.3 is 0 Å². The summed E-state index contributed by atoms with van der Waals surface area (Å²) in [5, 5.41) is 0.548. The zero-order valence-electron chi connectivity index (χ0n) is 11.4. The first-order chi connectivity index (χ1) is 10.2. The Balaban J connectivity index is 1.95. The van der Waals surface area contributed by atoms with Gasteiger partial charge in [-0.3, -0.25) is 4.79 Å². The van der Waals surface area contributed by atoms with Crippen LogP contribution in [0.15, 0.2) is 57.9 Å². The first kappa shape index (κ1) is 13.7. The standard InChI is InChI=1S/C17H13ClO3/c1-11-15(20-9-12-5-3-2-4-6-12)8-7-13-16(19)14(18)10-21-17(11)13/h2-8,10H,9H2,1H3. The van der Waals surface area contributed by atoms with Crippen LogP contribution < -0.4 is 10.2 Å². The molecule has 1 heterocycles. The third-order valence-electron chi connectivity index (χ3n) is 3.34. The highest BCUT2D eigenvalue weighted by Crippen LogP contribution is 2.27. The summed E-state index contributed by atoms with van der Waals surface area (Å²) in [6.45, 7) is 2.32. The minimum absolute atomic E-state index is 0.0832. The minimum Gasteiger partial charge on any atom is -0.488 e. The van der Waals surface area contributed by atoms with Crippen molar-refractivity contribution in [2.24, 2.45) is 0 Å². The van der Waals surface area contributed by atoms with Crippen molar-refractivity contribution in [1.82, 2.24) is 0 Å². The van der Waals surface area contributed by atoms with Gasteiger partial charge in [0.05, 0.1) is 5.39 Å². The number of rotatable bonds is 3. The Morgan fingerprint density at radius 1 is 1.14 bits per heavy atom. The Hall–Kier alpha value is -2.26. The summed E-state index contributed by atoms with van der Waals surface area (Å²) in [5.74, 6) is 0.692. The number of hydrogen-bond donors (Lipinski definition) is 0. The first-order valence-electron chi connectivity index (χ1n) is 6.54. The lowest BCUT2D eigenvalue weighted by Crippen LogP contribution is -2.03. The number of aryl methyl sites for hydroxylation is 1. The van der Waals surface area contributed by atoms with E-state index in [2.05, 4.69) is 0 Å². The first-order valence-corrected chi connectivity index (χ1v) is 6.92. The van der Waals surface area contributed by atoms with E-state index >= 15 is 0 Å². The Bertz CT molecular complexity index is 838. The lowest BCUT2D eigenvalue weighted by Gasteiger charge is -2.10. The fourth-order valence-corrected chi connectivity index (χ4v) is 2.34. The molecule has 4 heteroatoms. The van der Waals surface area contributed by atoms with E-state index in [0.29, 0.717) is 23.3 Å². The quantitative estimate of drug-likeness (QED) is 0.722. The molecule has 0 aliphatic heterocycles. The average molecular weight is 301 g/mol. The van der Waals surface area contributed by atoms with Crippen LogP contribution in [-0.4, -0.2) is 0 Å². The van der Waals surface area contributed by atoms with E-state index in [1.165, 1.54) is 6.26 Å². The Morgan fingerprint density at radius 3 is 2.67 bits per heavy atom. The predicted octanol–water partition coefficient (Wildman–Crippen LogP) is 4.33. The van der Waals surface area contributed by atoms with E-state index in [9.17, 15) is 4.79 Å². The van der Waals surface area contributed by atoms with Gasteiger partial charge < -0.3 is 9.15 Å². The average Bonchev–Trinajstić information content (AvgIpc) is 2.51. The molecule has 0 fully saturated rings. The molecule has 0 atom stereocenters. The molecule has 0 amide bonds. The van der Waals surface area contributed by atoms with E-state index in [0.717, 1.165) is 11.1 Å². The van der Waals surface area contributed by atoms with Crippen molar-refractivity contribution in [2.45, 2.75) is 13.5 Å². The smallest absolute Gasteiger partial charge is 0.211 e. The van der Waals surface area contributed by atoms with Gasteiger partial charge in [-0.15, -0.1) is 0 Å². The van der Waals surface area contributed by atoms with Crippen LogP contribution in [0.1, 0.15) is 11.1 Å². The van der Waals surface area contributed by atoms with Gasteiger partial charge in [0.2, 0.25) is 5.43 Å². The summed E-state index contributed by atoms with van der Waals surface area (Å²) in [4.78, 5) is 11.9. The topological polar surface area (TPSA) is 39.4 Å². The van der Waals surface area contributed by atoms with Gasteiger partial charge in [0.25, 0.3) is 0 Å². The Labute approximate surface area is 126 Å². The molecule has 3 nitrogen and oxygen atoms in total. The second-order valence-corrected chi connectivity index (χ2v) is 5.16. The van der Waals surface area contributed by atoms with Crippen molar-refractivity contribution < 1.29 is 9.15 Å². The van der Waals surface area contributed by atoms with Crippen molar-refractivity contribution in [2.75, 3.05) is 0 Å². The van der Waals surface area contributed by atoms with E-state index in [4.69, 9.17) is 20.8 Å². The van der Waals surface area contributed by atoms with Gasteiger partial charge in [0, 0.05) is 5.56 Å². The van der Waals surface area contributed by atoms with Gasteiger partial charge in [-0.05, 0) is 24.6 Å². The van der Waals surface area contributed by atoms with E-state index in [-0.39, 0.29) is 10.5 Å². The van der Waals surface area contributed by atoms with Crippen LogP contribution in [0.5, 0.6) is 5.75 Å². The van der Waals surface area contributed by atoms with Gasteiger partial charge in [-0.1, -0.05) is 41.9 Å². The van der Waals surface area contributed by atoms with E-state index < -0.39 is 0 Å². The maximum absolute atomic E-state index is 11.9. The van der Waals surface area contributed by atoms with Gasteiger partial charge in [0.15, 0.2) is 0 Å². The fourth-order valence-electron chi connectivity index (χ4n) is 2.19. The summed E-state index contributed by atoms with van der Waals surface area (Å²) < 4.78 is 11.2. The molecule has 1 aromatic heterocycles. The molecule has 0 N–H and O–H groups in total. The normalized spacial score (nSPS) is 10.8. The number of halogens is 1. The second-order valence-electron chi connectivity index (χ2n) is 4.75. The molecule has 0 aliphatic carbocycles. The molecule has 3 aromatic rings. The second kappa shape index (κ2) is 5.62. The highest BCUT2D eigenvalue weighted by Gasteiger charge is 2.11. The maximum Gasteiger partial charge on any atom is 0.211 e. The van der Waals surface area contributed by atoms with Crippen LogP contribution in [0.25, 0.3) is 11.0 Å². The Kier molecular flexibility index (Phi) is 3.67.